The van der Waals surface area contributed by atoms with Gasteiger partial charge in [-0.05, 0) is 38.1 Å². The molecule has 2 saturated heterocycles. The van der Waals surface area contributed by atoms with Gasteiger partial charge < -0.3 is 15.4 Å². The van der Waals surface area contributed by atoms with Crippen LogP contribution in [-0.4, -0.2) is 57.5 Å². The molecule has 7 nitrogen and oxygen atoms in total. The number of ether oxygens (including phenoxy) is 1. The SMILES string of the molecule is CS(=O)(=O)c1cnc(NCC2CCOCC2)nc1C1CCCNC1. The summed E-state index contributed by atoms with van der Waals surface area (Å²) >= 11 is 0. The van der Waals surface area contributed by atoms with E-state index in [1.807, 2.05) is 0 Å². The molecule has 0 saturated carbocycles. The zero-order chi connectivity index (χ0) is 17.0. The minimum Gasteiger partial charge on any atom is -0.381 e. The molecule has 1 unspecified atom stereocenters. The quantitative estimate of drug-likeness (QED) is 0.820. The first kappa shape index (κ1) is 17.6. The largest absolute Gasteiger partial charge is 0.381 e. The van der Waals surface area contributed by atoms with Crippen molar-refractivity contribution in [3.05, 3.63) is 11.9 Å². The van der Waals surface area contributed by atoms with E-state index >= 15 is 0 Å². The number of sulfone groups is 1. The van der Waals surface area contributed by atoms with Gasteiger partial charge in [0, 0.05) is 38.5 Å². The number of anilines is 1. The molecule has 134 valence electrons. The van der Waals surface area contributed by atoms with Crippen molar-refractivity contribution in [1.82, 2.24) is 15.3 Å². The van der Waals surface area contributed by atoms with E-state index in [-0.39, 0.29) is 10.8 Å². The molecule has 24 heavy (non-hydrogen) atoms. The van der Waals surface area contributed by atoms with E-state index in [9.17, 15) is 8.42 Å². The molecule has 0 aromatic carbocycles. The van der Waals surface area contributed by atoms with Crippen molar-refractivity contribution in [3.8, 4) is 0 Å². The summed E-state index contributed by atoms with van der Waals surface area (Å²) in [6, 6.07) is 0. The van der Waals surface area contributed by atoms with Gasteiger partial charge >= 0.3 is 0 Å². The molecule has 0 spiro atoms. The maximum absolute atomic E-state index is 12.1. The minimum atomic E-state index is -3.33. The predicted octanol–water partition coefficient (Wildman–Crippen LogP) is 1.19. The monoisotopic (exact) mass is 354 g/mol. The lowest BCUT2D eigenvalue weighted by molar-refractivity contribution is 0.0699. The summed E-state index contributed by atoms with van der Waals surface area (Å²) in [5.74, 6) is 1.20. The maximum atomic E-state index is 12.1. The Morgan fingerprint density at radius 2 is 2.12 bits per heavy atom. The highest BCUT2D eigenvalue weighted by molar-refractivity contribution is 7.90. The van der Waals surface area contributed by atoms with E-state index < -0.39 is 9.84 Å². The lowest BCUT2D eigenvalue weighted by Crippen LogP contribution is -2.30. The lowest BCUT2D eigenvalue weighted by Gasteiger charge is -2.25. The van der Waals surface area contributed by atoms with Crippen LogP contribution < -0.4 is 10.6 Å². The Morgan fingerprint density at radius 1 is 1.33 bits per heavy atom. The van der Waals surface area contributed by atoms with Crippen LogP contribution in [0.4, 0.5) is 5.95 Å². The van der Waals surface area contributed by atoms with Crippen molar-refractivity contribution in [2.24, 2.45) is 5.92 Å². The molecule has 8 heteroatoms. The fraction of sp³-hybridized carbons (Fsp3) is 0.750. The smallest absolute Gasteiger partial charge is 0.222 e. The van der Waals surface area contributed by atoms with Gasteiger partial charge in [-0.2, -0.15) is 0 Å². The number of nitrogens with zero attached hydrogens (tertiary/aromatic N) is 2. The average Bonchev–Trinajstić information content (AvgIpc) is 2.60. The highest BCUT2D eigenvalue weighted by atomic mass is 32.2. The lowest BCUT2D eigenvalue weighted by atomic mass is 9.96. The number of hydrogen-bond acceptors (Lipinski definition) is 7. The van der Waals surface area contributed by atoms with Gasteiger partial charge in [-0.1, -0.05) is 0 Å². The Kier molecular flexibility index (Phi) is 5.68. The Labute approximate surface area is 143 Å². The molecule has 0 aliphatic carbocycles. The zero-order valence-electron chi connectivity index (χ0n) is 14.1. The second-order valence-corrected chi connectivity index (χ2v) is 8.68. The van der Waals surface area contributed by atoms with Gasteiger partial charge in [0.1, 0.15) is 4.90 Å². The summed E-state index contributed by atoms with van der Waals surface area (Å²) in [5, 5.41) is 6.61. The first-order valence-electron chi connectivity index (χ1n) is 8.63. The fourth-order valence-corrected chi connectivity index (χ4v) is 4.16. The van der Waals surface area contributed by atoms with Gasteiger partial charge in [-0.15, -0.1) is 0 Å². The highest BCUT2D eigenvalue weighted by Crippen LogP contribution is 2.28. The molecule has 0 amide bonds. The first-order chi connectivity index (χ1) is 11.5. The van der Waals surface area contributed by atoms with Gasteiger partial charge in [0.15, 0.2) is 9.84 Å². The summed E-state index contributed by atoms with van der Waals surface area (Å²) in [5.41, 5.74) is 0.647. The standard InChI is InChI=1S/C16H26N4O3S/c1-24(21,22)14-11-19-16(18-9-12-4-7-23-8-5-12)20-15(14)13-3-2-6-17-10-13/h11-13,17H,2-10H2,1H3,(H,18,19,20). The first-order valence-corrected chi connectivity index (χ1v) is 10.5. The van der Waals surface area contributed by atoms with Crippen molar-refractivity contribution < 1.29 is 13.2 Å². The summed E-state index contributed by atoms with van der Waals surface area (Å²) in [4.78, 5) is 9.06. The van der Waals surface area contributed by atoms with Gasteiger partial charge in [-0.3, -0.25) is 0 Å². The topological polar surface area (TPSA) is 93.2 Å². The van der Waals surface area contributed by atoms with Gasteiger partial charge in [0.25, 0.3) is 0 Å². The molecule has 1 atom stereocenters. The molecule has 2 fully saturated rings. The average molecular weight is 354 g/mol. The second kappa shape index (κ2) is 7.76. The molecule has 2 aliphatic heterocycles. The van der Waals surface area contributed by atoms with Gasteiger partial charge in [0.05, 0.1) is 11.9 Å². The molecule has 1 aromatic rings. The van der Waals surface area contributed by atoms with E-state index in [0.29, 0.717) is 17.6 Å². The van der Waals surface area contributed by atoms with Crippen LogP contribution in [0.2, 0.25) is 0 Å². The number of nitrogens with one attached hydrogen (secondary N) is 2. The fourth-order valence-electron chi connectivity index (χ4n) is 3.32. The molecule has 2 aliphatic rings. The van der Waals surface area contributed by atoms with E-state index in [1.165, 1.54) is 12.5 Å². The van der Waals surface area contributed by atoms with Crippen LogP contribution in [0.25, 0.3) is 0 Å². The number of rotatable bonds is 5. The number of aromatic nitrogens is 2. The maximum Gasteiger partial charge on any atom is 0.222 e. The van der Waals surface area contributed by atoms with Crippen molar-refractivity contribution in [2.45, 2.75) is 36.5 Å². The van der Waals surface area contributed by atoms with Crippen LogP contribution in [0, 0.1) is 5.92 Å². The van der Waals surface area contributed by atoms with Crippen LogP contribution in [0.1, 0.15) is 37.3 Å². The van der Waals surface area contributed by atoms with Crippen molar-refractivity contribution >= 4 is 15.8 Å². The van der Waals surface area contributed by atoms with Crippen molar-refractivity contribution in [3.63, 3.8) is 0 Å². The molecular weight excluding hydrogens is 328 g/mol. The Morgan fingerprint density at radius 3 is 2.79 bits per heavy atom. The van der Waals surface area contributed by atoms with Crippen molar-refractivity contribution in [2.75, 3.05) is 44.4 Å². The van der Waals surface area contributed by atoms with Crippen LogP contribution >= 0.6 is 0 Å². The summed E-state index contributed by atoms with van der Waals surface area (Å²) in [6.07, 6.45) is 6.73. The normalized spacial score (nSPS) is 23.1. The third-order valence-corrected chi connectivity index (χ3v) is 5.87. The zero-order valence-corrected chi connectivity index (χ0v) is 14.9. The minimum absolute atomic E-state index is 0.120. The Hall–Kier alpha value is -1.25. The van der Waals surface area contributed by atoms with Gasteiger partial charge in [-0.25, -0.2) is 18.4 Å². The predicted molar refractivity (Wildman–Crippen MR) is 92.0 cm³/mol. The summed E-state index contributed by atoms with van der Waals surface area (Å²) in [7, 11) is -3.33. The third-order valence-electron chi connectivity index (χ3n) is 4.76. The second-order valence-electron chi connectivity index (χ2n) is 6.70. The van der Waals surface area contributed by atoms with Crippen LogP contribution in [-0.2, 0) is 14.6 Å². The van der Waals surface area contributed by atoms with E-state index in [1.54, 1.807) is 0 Å². The molecule has 1 aromatic heterocycles. The number of hydrogen-bond donors (Lipinski definition) is 2. The molecule has 0 bridgehead atoms. The molecule has 0 radical (unpaired) electrons. The van der Waals surface area contributed by atoms with Crippen LogP contribution in [0.5, 0.6) is 0 Å². The van der Waals surface area contributed by atoms with Gasteiger partial charge in [0.2, 0.25) is 5.95 Å². The van der Waals surface area contributed by atoms with E-state index in [2.05, 4.69) is 20.6 Å². The van der Waals surface area contributed by atoms with Crippen LogP contribution in [0.15, 0.2) is 11.1 Å². The van der Waals surface area contributed by atoms with Crippen LogP contribution in [0.3, 0.4) is 0 Å². The molecule has 3 heterocycles. The Bertz CT molecular complexity index is 653. The van der Waals surface area contributed by atoms with E-state index in [4.69, 9.17) is 4.74 Å². The van der Waals surface area contributed by atoms with Crippen molar-refractivity contribution in [1.29, 1.82) is 0 Å². The molecule has 2 N–H and O–H groups in total. The van der Waals surface area contributed by atoms with E-state index in [0.717, 1.165) is 58.5 Å². The summed E-state index contributed by atoms with van der Waals surface area (Å²) in [6.45, 7) is 4.14. The number of piperidine rings is 1. The molecular formula is C16H26N4O3S. The highest BCUT2D eigenvalue weighted by Gasteiger charge is 2.25. The Balaban J connectivity index is 1.77. The summed E-state index contributed by atoms with van der Waals surface area (Å²) < 4.78 is 29.5. The molecule has 3 rings (SSSR count). The third kappa shape index (κ3) is 4.43.